The van der Waals surface area contributed by atoms with Gasteiger partial charge in [-0.25, -0.2) is 9.97 Å². The van der Waals surface area contributed by atoms with Crippen LogP contribution in [0.15, 0.2) is 60.8 Å². The maximum atomic E-state index is 6.18. The highest BCUT2D eigenvalue weighted by Crippen LogP contribution is 2.31. The maximum absolute atomic E-state index is 6.18. The summed E-state index contributed by atoms with van der Waals surface area (Å²) in [5.41, 5.74) is 4.54. The number of nitrogens with one attached hydrogen (secondary N) is 1. The summed E-state index contributed by atoms with van der Waals surface area (Å²) in [6.07, 6.45) is 8.27. The largest absolute Gasteiger partial charge is 0.496 e. The third-order valence-corrected chi connectivity index (χ3v) is 6.50. The zero-order valence-corrected chi connectivity index (χ0v) is 23.3. The third-order valence-electron chi connectivity index (χ3n) is 6.50. The van der Waals surface area contributed by atoms with E-state index in [4.69, 9.17) is 23.9 Å². The van der Waals surface area contributed by atoms with Crippen molar-refractivity contribution in [3.63, 3.8) is 0 Å². The van der Waals surface area contributed by atoms with E-state index in [0.717, 1.165) is 59.2 Å². The molecule has 208 valence electrons. The van der Waals surface area contributed by atoms with Crippen molar-refractivity contribution in [2.75, 3.05) is 51.9 Å². The number of rotatable bonds is 5. The molecule has 3 aromatic rings. The highest BCUT2D eigenvalue weighted by atomic mass is 16.5. The molecule has 0 spiro atoms. The van der Waals surface area contributed by atoms with Gasteiger partial charge in [0.2, 0.25) is 5.95 Å². The minimum Gasteiger partial charge on any atom is -0.496 e. The van der Waals surface area contributed by atoms with Gasteiger partial charge in [0.15, 0.2) is 0 Å². The Labute approximate surface area is 232 Å². The van der Waals surface area contributed by atoms with Crippen LogP contribution in [0.3, 0.4) is 0 Å². The van der Waals surface area contributed by atoms with Gasteiger partial charge in [0.25, 0.3) is 0 Å². The Morgan fingerprint density at radius 3 is 2.49 bits per heavy atom. The molecule has 39 heavy (non-hydrogen) atoms. The zero-order valence-electron chi connectivity index (χ0n) is 23.3. The normalized spacial score (nSPS) is 16.6. The summed E-state index contributed by atoms with van der Waals surface area (Å²) in [5.74, 6) is 2.08. The van der Waals surface area contributed by atoms with Crippen molar-refractivity contribution in [3.05, 3.63) is 71.9 Å². The molecule has 3 heterocycles. The molecule has 0 atom stereocenters. The molecule has 2 aromatic carbocycles. The molecule has 6 bridgehead atoms. The molecule has 2 aliphatic heterocycles. The Kier molecular flexibility index (Phi) is 11.1. The number of methoxy groups -OCH3 is 1. The minimum absolute atomic E-state index is 0.433. The molecule has 0 radical (unpaired) electrons. The van der Waals surface area contributed by atoms with Gasteiger partial charge in [0.05, 0.1) is 39.2 Å². The Morgan fingerprint density at radius 2 is 1.69 bits per heavy atom. The Bertz CT molecular complexity index is 1210. The topological polar surface area (TPSA) is 78.0 Å². The number of hydrogen-bond donors (Lipinski definition) is 1. The average Bonchev–Trinajstić information content (AvgIpc) is 3.50. The number of likely N-dealkylation sites (tertiary alicyclic amines) is 1. The number of ether oxygens (including phenoxy) is 4. The van der Waals surface area contributed by atoms with Gasteiger partial charge in [-0.05, 0) is 67.9 Å². The first kappa shape index (κ1) is 28.5. The van der Waals surface area contributed by atoms with Gasteiger partial charge in [-0.2, -0.15) is 0 Å². The van der Waals surface area contributed by atoms with Crippen molar-refractivity contribution in [3.8, 4) is 22.8 Å². The molecule has 2 aliphatic rings. The zero-order chi connectivity index (χ0) is 27.3. The predicted molar refractivity (Wildman–Crippen MR) is 155 cm³/mol. The quantitative estimate of drug-likeness (QED) is 0.401. The van der Waals surface area contributed by atoms with Crippen LogP contribution in [0.4, 0.5) is 11.6 Å². The van der Waals surface area contributed by atoms with Crippen molar-refractivity contribution >= 4 is 11.6 Å². The summed E-state index contributed by atoms with van der Waals surface area (Å²) >= 11 is 0. The van der Waals surface area contributed by atoms with Gasteiger partial charge >= 0.3 is 0 Å². The second kappa shape index (κ2) is 15.2. The van der Waals surface area contributed by atoms with Gasteiger partial charge in [0, 0.05) is 29.6 Å². The predicted octanol–water partition coefficient (Wildman–Crippen LogP) is 6.00. The van der Waals surface area contributed by atoms with Crippen LogP contribution in [0.5, 0.6) is 11.5 Å². The smallest absolute Gasteiger partial charge is 0.227 e. The van der Waals surface area contributed by atoms with Crippen LogP contribution < -0.4 is 14.8 Å². The van der Waals surface area contributed by atoms with Gasteiger partial charge in [-0.1, -0.05) is 32.1 Å². The molecular weight excluding hydrogens is 492 g/mol. The molecule has 5 rings (SSSR count). The monoisotopic (exact) mass is 532 g/mol. The van der Waals surface area contributed by atoms with E-state index in [2.05, 4.69) is 15.2 Å². The number of anilines is 2. The molecule has 1 N–H and O–H groups in total. The lowest BCUT2D eigenvalue weighted by Crippen LogP contribution is -2.25. The summed E-state index contributed by atoms with van der Waals surface area (Å²) in [5, 5.41) is 3.34. The first-order chi connectivity index (χ1) is 19.3. The van der Waals surface area contributed by atoms with Crippen LogP contribution >= 0.6 is 0 Å². The minimum atomic E-state index is 0.433. The fourth-order valence-electron chi connectivity index (χ4n) is 4.56. The molecule has 0 amide bonds. The van der Waals surface area contributed by atoms with E-state index in [9.17, 15) is 0 Å². The van der Waals surface area contributed by atoms with Crippen molar-refractivity contribution in [2.24, 2.45) is 0 Å². The van der Waals surface area contributed by atoms with Crippen molar-refractivity contribution < 1.29 is 18.9 Å². The van der Waals surface area contributed by atoms with E-state index >= 15 is 0 Å². The first-order valence-corrected chi connectivity index (χ1v) is 13.8. The second-order valence-electron chi connectivity index (χ2n) is 9.15. The van der Waals surface area contributed by atoms with Crippen molar-refractivity contribution in [1.29, 1.82) is 0 Å². The van der Waals surface area contributed by atoms with E-state index < -0.39 is 0 Å². The summed E-state index contributed by atoms with van der Waals surface area (Å²) in [6, 6.07) is 13.9. The Hall–Kier alpha value is -3.46. The summed E-state index contributed by atoms with van der Waals surface area (Å²) in [4.78, 5) is 11.7. The SMILES string of the molecule is CC.COc1ccc2cc1-c1ccnc(n1)Nc1ccc(OCCN3CCCC3)c(c1)COC/C=C/COC2. The molecule has 8 heteroatoms. The van der Waals surface area contributed by atoms with Gasteiger partial charge in [-0.3, -0.25) is 4.90 Å². The lowest BCUT2D eigenvalue weighted by atomic mass is 10.1. The Morgan fingerprint density at radius 1 is 0.923 bits per heavy atom. The van der Waals surface area contributed by atoms with E-state index in [-0.39, 0.29) is 0 Å². The third kappa shape index (κ3) is 8.26. The average molecular weight is 533 g/mol. The van der Waals surface area contributed by atoms with Crippen LogP contribution in [-0.4, -0.2) is 61.4 Å². The van der Waals surface area contributed by atoms with E-state index in [1.807, 2.05) is 68.5 Å². The molecule has 1 aromatic heterocycles. The summed E-state index contributed by atoms with van der Waals surface area (Å²) in [7, 11) is 1.66. The standard InChI is InChI=1S/C29H34N4O4.C2H6/c1-34-28-8-6-22-18-25(28)26-10-11-30-29(32-26)31-24-7-9-27(37-17-14-33-12-2-3-13-33)23(19-24)21-36-16-5-4-15-35-20-22;1-2/h4-11,18-19H,2-3,12-17,20-21H2,1H3,(H,30,31,32);1-2H3/b5-4+;. The van der Waals surface area contributed by atoms with Gasteiger partial charge < -0.3 is 24.3 Å². The van der Waals surface area contributed by atoms with E-state index in [1.54, 1.807) is 13.3 Å². The highest BCUT2D eigenvalue weighted by Gasteiger charge is 2.14. The molecule has 0 aliphatic carbocycles. The number of hydrogen-bond acceptors (Lipinski definition) is 8. The lowest BCUT2D eigenvalue weighted by Gasteiger charge is -2.17. The fourth-order valence-corrected chi connectivity index (χ4v) is 4.56. The van der Waals surface area contributed by atoms with E-state index in [1.165, 1.54) is 12.8 Å². The number of nitrogens with zero attached hydrogens (tertiary/aromatic N) is 3. The Balaban J connectivity index is 0.00000172. The van der Waals surface area contributed by atoms with Crippen LogP contribution in [0.1, 0.15) is 37.8 Å². The van der Waals surface area contributed by atoms with Crippen molar-refractivity contribution in [1.82, 2.24) is 14.9 Å². The molecule has 0 saturated carbocycles. The second-order valence-corrected chi connectivity index (χ2v) is 9.15. The van der Waals surface area contributed by atoms with Crippen LogP contribution in [-0.2, 0) is 22.7 Å². The van der Waals surface area contributed by atoms with E-state index in [0.29, 0.717) is 39.0 Å². The maximum Gasteiger partial charge on any atom is 0.227 e. The van der Waals surface area contributed by atoms with Gasteiger partial charge in [0.1, 0.15) is 18.1 Å². The fraction of sp³-hybridized carbons (Fsp3) is 0.419. The van der Waals surface area contributed by atoms with Crippen LogP contribution in [0.2, 0.25) is 0 Å². The van der Waals surface area contributed by atoms with Crippen LogP contribution in [0, 0.1) is 0 Å². The summed E-state index contributed by atoms with van der Waals surface area (Å²) < 4.78 is 23.6. The van der Waals surface area contributed by atoms with Crippen LogP contribution in [0.25, 0.3) is 11.3 Å². The number of aromatic nitrogens is 2. The molecule has 1 fully saturated rings. The first-order valence-electron chi connectivity index (χ1n) is 13.8. The van der Waals surface area contributed by atoms with Crippen molar-refractivity contribution in [2.45, 2.75) is 39.9 Å². The highest BCUT2D eigenvalue weighted by molar-refractivity contribution is 5.69. The number of fused-ring (bicyclic) bond motifs is 7. The van der Waals surface area contributed by atoms with Gasteiger partial charge in [-0.15, -0.1) is 0 Å². The molecule has 8 nitrogen and oxygen atoms in total. The molecule has 0 unspecified atom stereocenters. The number of benzene rings is 2. The molecule has 1 saturated heterocycles. The lowest BCUT2D eigenvalue weighted by molar-refractivity contribution is 0.138. The molecular formula is C31H40N4O4. The summed E-state index contributed by atoms with van der Waals surface area (Å²) in [6.45, 7) is 9.83.